The molecule has 1 atom stereocenters. The number of rotatable bonds is 3. The summed E-state index contributed by atoms with van der Waals surface area (Å²) in [5, 5.41) is 1.42. The molecule has 1 N–H and O–H groups in total. The van der Waals surface area contributed by atoms with Crippen LogP contribution >= 0.6 is 11.6 Å². The summed E-state index contributed by atoms with van der Waals surface area (Å²) in [6, 6.07) is 2.89. The molecule has 138 valence electrons. The Morgan fingerprint density at radius 1 is 1.32 bits per heavy atom. The molecule has 1 aromatic rings. The lowest BCUT2D eigenvalue weighted by Crippen LogP contribution is -2.71. The molecule has 1 saturated carbocycles. The predicted molar refractivity (Wildman–Crippen MR) is 78.0 cm³/mol. The number of sulfone groups is 1. The van der Waals surface area contributed by atoms with E-state index < -0.39 is 44.7 Å². The van der Waals surface area contributed by atoms with Crippen molar-refractivity contribution in [1.82, 2.24) is 5.32 Å². The summed E-state index contributed by atoms with van der Waals surface area (Å²) in [5.41, 5.74) is -0.842. The van der Waals surface area contributed by atoms with Crippen molar-refractivity contribution in [2.24, 2.45) is 5.41 Å². The van der Waals surface area contributed by atoms with Gasteiger partial charge in [0.25, 0.3) is 0 Å². The summed E-state index contributed by atoms with van der Waals surface area (Å²) in [6.45, 7) is 0.242. The van der Waals surface area contributed by atoms with Gasteiger partial charge >= 0.3 is 12.1 Å². The van der Waals surface area contributed by atoms with Crippen LogP contribution in [0.25, 0.3) is 0 Å². The second kappa shape index (κ2) is 5.82. The molecule has 2 aliphatic rings. The number of hydrogen-bond donors (Lipinski definition) is 1. The molecule has 1 aliphatic heterocycles. The van der Waals surface area contributed by atoms with Gasteiger partial charge < -0.3 is 4.74 Å². The van der Waals surface area contributed by atoms with Crippen LogP contribution in [-0.4, -0.2) is 38.6 Å². The van der Waals surface area contributed by atoms with Crippen LogP contribution in [0.3, 0.4) is 0 Å². The first-order valence-electron chi connectivity index (χ1n) is 7.16. The fraction of sp³-hybridized carbons (Fsp3) is 0.500. The zero-order chi connectivity index (χ0) is 18.6. The summed E-state index contributed by atoms with van der Waals surface area (Å²) in [6.07, 6.45) is -6.26. The summed E-state index contributed by atoms with van der Waals surface area (Å²) in [4.78, 5) is 10.7. The molecule has 1 saturated heterocycles. The van der Waals surface area contributed by atoms with Crippen LogP contribution in [0.15, 0.2) is 23.1 Å². The summed E-state index contributed by atoms with van der Waals surface area (Å²) < 4.78 is 79.3. The van der Waals surface area contributed by atoms with Crippen LogP contribution in [0.1, 0.15) is 12.8 Å². The molecule has 25 heavy (non-hydrogen) atoms. The molecule has 1 spiro atoms. The van der Waals surface area contributed by atoms with Crippen LogP contribution in [0.5, 0.6) is 0 Å². The van der Waals surface area contributed by atoms with Gasteiger partial charge in [0.2, 0.25) is 0 Å². The lowest BCUT2D eigenvalue weighted by Gasteiger charge is -2.57. The van der Waals surface area contributed by atoms with Gasteiger partial charge in [-0.25, -0.2) is 17.6 Å². The number of benzene rings is 1. The minimum atomic E-state index is -5.12. The Labute approximate surface area is 145 Å². The highest BCUT2D eigenvalue weighted by Gasteiger charge is 2.62. The van der Waals surface area contributed by atoms with Gasteiger partial charge in [-0.3, -0.25) is 5.32 Å². The number of ether oxygens (including phenoxy) is 1. The molecule has 2 fully saturated rings. The van der Waals surface area contributed by atoms with Crippen LogP contribution < -0.4 is 5.32 Å². The molecule has 3 rings (SSSR count). The summed E-state index contributed by atoms with van der Waals surface area (Å²) >= 11 is 5.78. The van der Waals surface area contributed by atoms with E-state index in [1.54, 1.807) is 0 Å². The Kier molecular flexibility index (Phi) is 4.28. The van der Waals surface area contributed by atoms with E-state index in [-0.39, 0.29) is 29.3 Å². The van der Waals surface area contributed by atoms with Gasteiger partial charge in [0.05, 0.1) is 15.2 Å². The molecule has 1 aromatic carbocycles. The third-order valence-corrected chi connectivity index (χ3v) is 7.16. The molecule has 11 heteroatoms. The Hall–Kier alpha value is -1.39. The second-order valence-electron chi connectivity index (χ2n) is 6.18. The normalized spacial score (nSPS) is 29.0. The Balaban J connectivity index is 1.70. The minimum Gasteiger partial charge on any atom is -0.439 e. The van der Waals surface area contributed by atoms with Gasteiger partial charge in [-0.1, -0.05) is 11.6 Å². The highest BCUT2D eigenvalue weighted by atomic mass is 35.5. The van der Waals surface area contributed by atoms with Gasteiger partial charge in [-0.15, -0.1) is 0 Å². The first-order chi connectivity index (χ1) is 11.5. The lowest BCUT2D eigenvalue weighted by atomic mass is 9.62. The fourth-order valence-corrected chi connectivity index (χ4v) is 5.67. The van der Waals surface area contributed by atoms with Crippen LogP contribution in [0.2, 0.25) is 5.02 Å². The van der Waals surface area contributed by atoms with E-state index in [9.17, 15) is 30.8 Å². The SMILES string of the molecule is O=C(OC1NCC12CC(S(=O)(=O)c1ccc(F)cc1Cl)C2)C(F)(F)F. The standard InChI is InChI=1S/C14H12ClF4NO4S/c15-9-3-7(16)1-2-10(9)25(22,23)8-4-13(5-8)6-20-11(13)24-12(21)14(17,18)19/h1-3,8,11,20H,4-6H2. The number of nitrogens with one attached hydrogen (secondary N) is 1. The van der Waals surface area contributed by atoms with E-state index in [0.29, 0.717) is 0 Å². The van der Waals surface area contributed by atoms with Gasteiger partial charge in [0.15, 0.2) is 16.1 Å². The van der Waals surface area contributed by atoms with E-state index >= 15 is 0 Å². The van der Waals surface area contributed by atoms with Gasteiger partial charge in [0.1, 0.15) is 5.82 Å². The van der Waals surface area contributed by atoms with Gasteiger partial charge in [-0.2, -0.15) is 13.2 Å². The van der Waals surface area contributed by atoms with Gasteiger partial charge in [-0.05, 0) is 31.0 Å². The third kappa shape index (κ3) is 3.11. The Morgan fingerprint density at radius 3 is 2.44 bits per heavy atom. The first-order valence-corrected chi connectivity index (χ1v) is 9.08. The van der Waals surface area contributed by atoms with Crippen molar-refractivity contribution in [2.75, 3.05) is 6.54 Å². The van der Waals surface area contributed by atoms with E-state index in [1.165, 1.54) is 0 Å². The number of carbonyl (C=O) groups excluding carboxylic acids is 1. The maximum absolute atomic E-state index is 13.1. The largest absolute Gasteiger partial charge is 0.490 e. The van der Waals surface area contributed by atoms with Crippen molar-refractivity contribution in [2.45, 2.75) is 35.4 Å². The highest BCUT2D eigenvalue weighted by molar-refractivity contribution is 7.92. The van der Waals surface area contributed by atoms with Crippen LogP contribution in [0, 0.1) is 11.2 Å². The number of alkyl halides is 3. The van der Waals surface area contributed by atoms with Crippen LogP contribution in [-0.2, 0) is 19.4 Å². The van der Waals surface area contributed by atoms with E-state index in [0.717, 1.165) is 18.2 Å². The number of halogens is 5. The van der Waals surface area contributed by atoms with Crippen molar-refractivity contribution in [3.63, 3.8) is 0 Å². The Morgan fingerprint density at radius 2 is 1.96 bits per heavy atom. The van der Waals surface area contributed by atoms with Crippen molar-refractivity contribution >= 4 is 27.4 Å². The maximum atomic E-state index is 13.1. The van der Waals surface area contributed by atoms with Crippen molar-refractivity contribution in [1.29, 1.82) is 0 Å². The van der Waals surface area contributed by atoms with Crippen molar-refractivity contribution in [3.05, 3.63) is 29.0 Å². The molecule has 0 amide bonds. The second-order valence-corrected chi connectivity index (χ2v) is 8.78. The monoisotopic (exact) mass is 401 g/mol. The predicted octanol–water partition coefficient (Wildman–Crippen LogP) is 2.44. The molecule has 1 heterocycles. The third-order valence-electron chi connectivity index (χ3n) is 4.56. The maximum Gasteiger partial charge on any atom is 0.490 e. The first kappa shape index (κ1) is 18.4. The molecular formula is C14H12ClF4NO4S. The van der Waals surface area contributed by atoms with Crippen molar-refractivity contribution < 1.29 is 35.5 Å². The molecule has 1 aliphatic carbocycles. The molecule has 1 unspecified atom stereocenters. The summed E-state index contributed by atoms with van der Waals surface area (Å²) in [7, 11) is -3.87. The number of carbonyl (C=O) groups is 1. The molecular weight excluding hydrogens is 390 g/mol. The summed E-state index contributed by atoms with van der Waals surface area (Å²) in [5.74, 6) is -3.01. The molecule has 5 nitrogen and oxygen atoms in total. The topological polar surface area (TPSA) is 72.5 Å². The van der Waals surface area contributed by atoms with E-state index in [2.05, 4.69) is 10.1 Å². The number of esters is 1. The average Bonchev–Trinajstić information content (AvgIpc) is 2.40. The van der Waals surface area contributed by atoms with Crippen LogP contribution in [0.4, 0.5) is 17.6 Å². The number of hydrogen-bond acceptors (Lipinski definition) is 5. The minimum absolute atomic E-state index is 0.0197. The van der Waals surface area contributed by atoms with Crippen molar-refractivity contribution in [3.8, 4) is 0 Å². The fourth-order valence-electron chi connectivity index (χ4n) is 3.12. The molecule has 0 radical (unpaired) electrons. The van der Waals surface area contributed by atoms with Gasteiger partial charge in [0, 0.05) is 12.0 Å². The zero-order valence-electron chi connectivity index (χ0n) is 12.4. The van der Waals surface area contributed by atoms with E-state index in [4.69, 9.17) is 11.6 Å². The zero-order valence-corrected chi connectivity index (χ0v) is 14.0. The Bertz CT molecular complexity index is 821. The van der Waals surface area contributed by atoms with E-state index in [1.807, 2.05) is 0 Å². The molecule has 0 aromatic heterocycles. The average molecular weight is 402 g/mol. The highest BCUT2D eigenvalue weighted by Crippen LogP contribution is 2.53. The quantitative estimate of drug-likeness (QED) is 0.478. The molecule has 0 bridgehead atoms. The smallest absolute Gasteiger partial charge is 0.439 e. The lowest BCUT2D eigenvalue weighted by molar-refractivity contribution is -0.228.